The molecule has 1 fully saturated rings. The zero-order valence-corrected chi connectivity index (χ0v) is 11.9. The maximum absolute atomic E-state index is 12.2. The van der Waals surface area contributed by atoms with Gasteiger partial charge in [-0.05, 0) is 31.6 Å². The zero-order chi connectivity index (χ0) is 13.0. The Morgan fingerprint density at radius 3 is 3.11 bits per heavy atom. The lowest BCUT2D eigenvalue weighted by Gasteiger charge is -2.36. The normalized spacial score (nSPS) is 20.2. The van der Waals surface area contributed by atoms with Crippen LogP contribution >= 0.6 is 11.3 Å². The van der Waals surface area contributed by atoms with E-state index in [4.69, 9.17) is 0 Å². The van der Waals surface area contributed by atoms with Gasteiger partial charge >= 0.3 is 6.03 Å². The monoisotopic (exact) mass is 267 g/mol. The molecule has 1 aromatic heterocycles. The number of hydrogen-bond acceptors (Lipinski definition) is 3. The number of hydrogen-bond donors (Lipinski definition) is 1. The number of aromatic nitrogens is 1. The van der Waals surface area contributed by atoms with Crippen molar-refractivity contribution in [1.82, 2.24) is 9.88 Å². The fraction of sp³-hybridized carbons (Fsp3) is 0.692. The number of carbonyl (C=O) groups excluding carboxylic acids is 1. The molecule has 0 saturated carbocycles. The number of piperidine rings is 1. The predicted octanol–water partition coefficient (Wildman–Crippen LogP) is 3.58. The summed E-state index contributed by atoms with van der Waals surface area (Å²) in [6.45, 7) is 5.30. The van der Waals surface area contributed by atoms with Crippen LogP contribution < -0.4 is 5.32 Å². The first kappa shape index (κ1) is 13.3. The lowest BCUT2D eigenvalue weighted by Crippen LogP contribution is -2.46. The number of likely N-dealkylation sites (tertiary alicyclic amines) is 1. The third-order valence-corrected chi connectivity index (χ3v) is 3.97. The van der Waals surface area contributed by atoms with Gasteiger partial charge in [-0.1, -0.05) is 13.8 Å². The minimum Gasteiger partial charge on any atom is -0.321 e. The summed E-state index contributed by atoms with van der Waals surface area (Å²) in [5, 5.41) is 5.45. The summed E-state index contributed by atoms with van der Waals surface area (Å²) in [4.78, 5) is 18.3. The van der Waals surface area contributed by atoms with Crippen LogP contribution in [0.5, 0.6) is 0 Å². The van der Waals surface area contributed by atoms with E-state index in [0.717, 1.165) is 25.8 Å². The highest BCUT2D eigenvalue weighted by atomic mass is 32.1. The van der Waals surface area contributed by atoms with Crippen LogP contribution in [0.1, 0.15) is 39.5 Å². The van der Waals surface area contributed by atoms with Gasteiger partial charge in [-0.15, -0.1) is 11.3 Å². The highest BCUT2D eigenvalue weighted by Gasteiger charge is 2.27. The second-order valence-corrected chi connectivity index (χ2v) is 6.13. The molecule has 4 nitrogen and oxygen atoms in total. The van der Waals surface area contributed by atoms with Gasteiger partial charge in [0.05, 0.1) is 0 Å². The van der Waals surface area contributed by atoms with Crippen molar-refractivity contribution in [2.45, 2.75) is 45.6 Å². The van der Waals surface area contributed by atoms with Crippen LogP contribution in [0.4, 0.5) is 9.93 Å². The first-order valence-electron chi connectivity index (χ1n) is 6.64. The molecule has 0 bridgehead atoms. The summed E-state index contributed by atoms with van der Waals surface area (Å²) in [6.07, 6.45) is 6.27. The number of amides is 2. The fourth-order valence-electron chi connectivity index (χ4n) is 2.51. The van der Waals surface area contributed by atoms with Crippen LogP contribution in [0, 0.1) is 5.92 Å². The molecular weight excluding hydrogens is 246 g/mol. The molecule has 1 aliphatic heterocycles. The summed E-state index contributed by atoms with van der Waals surface area (Å²) in [5.41, 5.74) is 0. The average molecular weight is 267 g/mol. The lowest BCUT2D eigenvalue weighted by atomic mass is 9.94. The van der Waals surface area contributed by atoms with Crippen molar-refractivity contribution in [3.63, 3.8) is 0 Å². The molecule has 0 aliphatic carbocycles. The molecule has 2 amide bonds. The molecule has 5 heteroatoms. The average Bonchev–Trinajstić information content (AvgIpc) is 2.81. The molecule has 0 spiro atoms. The molecule has 100 valence electrons. The van der Waals surface area contributed by atoms with Crippen LogP contribution in [0.3, 0.4) is 0 Å². The third-order valence-electron chi connectivity index (χ3n) is 3.28. The number of nitrogens with one attached hydrogen (secondary N) is 1. The smallest absolute Gasteiger partial charge is 0.321 e. The van der Waals surface area contributed by atoms with E-state index in [0.29, 0.717) is 17.1 Å². The molecule has 2 heterocycles. The number of rotatable bonds is 3. The Morgan fingerprint density at radius 1 is 1.61 bits per heavy atom. The third kappa shape index (κ3) is 3.45. The molecule has 1 saturated heterocycles. The fourth-order valence-corrected chi connectivity index (χ4v) is 3.02. The standard InChI is InChI=1S/C13H21N3OS/c1-10(2)9-11-5-3-4-7-16(11)13(17)15-12-14-6-8-18-12/h6,8,10-11H,3-5,7,9H2,1-2H3,(H,14,15,17)/t11-/m0/s1. The van der Waals surface area contributed by atoms with Crippen molar-refractivity contribution < 1.29 is 4.79 Å². The summed E-state index contributed by atoms with van der Waals surface area (Å²) >= 11 is 1.46. The molecule has 2 rings (SSSR count). The summed E-state index contributed by atoms with van der Waals surface area (Å²) < 4.78 is 0. The predicted molar refractivity (Wildman–Crippen MR) is 74.9 cm³/mol. The second-order valence-electron chi connectivity index (χ2n) is 5.24. The number of anilines is 1. The molecule has 1 aromatic rings. The van der Waals surface area contributed by atoms with E-state index >= 15 is 0 Å². The van der Waals surface area contributed by atoms with E-state index in [-0.39, 0.29) is 6.03 Å². The quantitative estimate of drug-likeness (QED) is 0.910. The van der Waals surface area contributed by atoms with Gasteiger partial charge in [0.1, 0.15) is 0 Å². The topological polar surface area (TPSA) is 45.2 Å². The SMILES string of the molecule is CC(C)C[C@@H]1CCCCN1C(=O)Nc1nccs1. The Kier molecular flexibility index (Phi) is 4.58. The van der Waals surface area contributed by atoms with Crippen molar-refractivity contribution in [2.75, 3.05) is 11.9 Å². The van der Waals surface area contributed by atoms with Gasteiger partial charge in [-0.25, -0.2) is 9.78 Å². The Bertz CT molecular complexity index is 378. The minimum absolute atomic E-state index is 0.00954. The van der Waals surface area contributed by atoms with Crippen LogP contribution in [0.15, 0.2) is 11.6 Å². The van der Waals surface area contributed by atoms with Gasteiger partial charge in [0.2, 0.25) is 0 Å². The van der Waals surface area contributed by atoms with E-state index in [2.05, 4.69) is 24.1 Å². The van der Waals surface area contributed by atoms with Crippen molar-refractivity contribution in [3.8, 4) is 0 Å². The van der Waals surface area contributed by atoms with E-state index in [1.165, 1.54) is 17.8 Å². The highest BCUT2D eigenvalue weighted by molar-refractivity contribution is 7.13. The molecule has 1 aliphatic rings. The second kappa shape index (κ2) is 6.18. The first-order chi connectivity index (χ1) is 8.66. The van der Waals surface area contributed by atoms with E-state index in [1.807, 2.05) is 10.3 Å². The van der Waals surface area contributed by atoms with Crippen LogP contribution in [-0.2, 0) is 0 Å². The first-order valence-corrected chi connectivity index (χ1v) is 7.52. The largest absolute Gasteiger partial charge is 0.323 e. The summed E-state index contributed by atoms with van der Waals surface area (Å²) in [7, 11) is 0. The van der Waals surface area contributed by atoms with E-state index in [1.54, 1.807) is 6.20 Å². The van der Waals surface area contributed by atoms with Gasteiger partial charge < -0.3 is 4.90 Å². The van der Waals surface area contributed by atoms with Crippen molar-refractivity contribution in [1.29, 1.82) is 0 Å². The number of urea groups is 1. The van der Waals surface area contributed by atoms with Crippen LogP contribution in [-0.4, -0.2) is 28.5 Å². The van der Waals surface area contributed by atoms with Gasteiger partial charge in [0.25, 0.3) is 0 Å². The molecular formula is C13H21N3OS. The van der Waals surface area contributed by atoms with Gasteiger partial charge in [0.15, 0.2) is 5.13 Å². The van der Waals surface area contributed by atoms with Gasteiger partial charge in [-0.3, -0.25) is 5.32 Å². The van der Waals surface area contributed by atoms with Crippen LogP contribution in [0.2, 0.25) is 0 Å². The van der Waals surface area contributed by atoms with Crippen molar-refractivity contribution in [2.24, 2.45) is 5.92 Å². The molecule has 0 unspecified atom stereocenters. The van der Waals surface area contributed by atoms with Crippen LogP contribution in [0.25, 0.3) is 0 Å². The molecule has 0 aromatic carbocycles. The van der Waals surface area contributed by atoms with Crippen molar-refractivity contribution >= 4 is 22.5 Å². The summed E-state index contributed by atoms with van der Waals surface area (Å²) in [5.74, 6) is 0.628. The van der Waals surface area contributed by atoms with E-state index < -0.39 is 0 Å². The maximum Gasteiger partial charge on any atom is 0.323 e. The Balaban J connectivity index is 1.97. The van der Waals surface area contributed by atoms with E-state index in [9.17, 15) is 4.79 Å². The van der Waals surface area contributed by atoms with Gasteiger partial charge in [0, 0.05) is 24.2 Å². The highest BCUT2D eigenvalue weighted by Crippen LogP contribution is 2.24. The summed E-state index contributed by atoms with van der Waals surface area (Å²) in [6, 6.07) is 0.397. The molecule has 18 heavy (non-hydrogen) atoms. The number of nitrogens with zero attached hydrogens (tertiary/aromatic N) is 2. The Labute approximate surface area is 112 Å². The molecule has 1 atom stereocenters. The maximum atomic E-state index is 12.2. The Hall–Kier alpha value is -1.10. The molecule has 1 N–H and O–H groups in total. The minimum atomic E-state index is 0.00954. The number of carbonyl (C=O) groups is 1. The van der Waals surface area contributed by atoms with Gasteiger partial charge in [-0.2, -0.15) is 0 Å². The Morgan fingerprint density at radius 2 is 2.44 bits per heavy atom. The van der Waals surface area contributed by atoms with Crippen molar-refractivity contribution in [3.05, 3.63) is 11.6 Å². The molecule has 0 radical (unpaired) electrons. The lowest BCUT2D eigenvalue weighted by molar-refractivity contribution is 0.150. The number of thiazole rings is 1. The zero-order valence-electron chi connectivity index (χ0n) is 11.1.